The molecular weight excluding hydrogens is 392 g/mol. The van der Waals surface area contributed by atoms with Gasteiger partial charge in [0.1, 0.15) is 0 Å². The summed E-state index contributed by atoms with van der Waals surface area (Å²) in [6.07, 6.45) is 4.23. The number of anilines is 2. The van der Waals surface area contributed by atoms with Gasteiger partial charge in [-0.1, -0.05) is 53.9 Å². The SMILES string of the molecule is CCC(=O)Nc1cccc(NC(=O)C2(c3ccc(Br)cc3)CCCC2)c1. The molecule has 2 amide bonds. The van der Waals surface area contributed by atoms with Crippen LogP contribution in [0.1, 0.15) is 44.6 Å². The second-order valence-corrected chi connectivity index (χ2v) is 7.65. The van der Waals surface area contributed by atoms with Crippen molar-refractivity contribution in [2.24, 2.45) is 0 Å². The first-order valence-corrected chi connectivity index (χ1v) is 9.80. The van der Waals surface area contributed by atoms with Gasteiger partial charge in [0.05, 0.1) is 5.41 Å². The summed E-state index contributed by atoms with van der Waals surface area (Å²) in [5.74, 6) is -0.0214. The Hall–Kier alpha value is -2.14. The number of halogens is 1. The fourth-order valence-electron chi connectivity index (χ4n) is 3.57. The molecule has 0 radical (unpaired) electrons. The van der Waals surface area contributed by atoms with Crippen molar-refractivity contribution in [3.05, 3.63) is 58.6 Å². The lowest BCUT2D eigenvalue weighted by Gasteiger charge is -2.28. The van der Waals surface area contributed by atoms with Crippen molar-refractivity contribution in [2.75, 3.05) is 10.6 Å². The number of carbonyl (C=O) groups is 2. The monoisotopic (exact) mass is 414 g/mol. The fourth-order valence-corrected chi connectivity index (χ4v) is 3.83. The van der Waals surface area contributed by atoms with Crippen LogP contribution in [0.2, 0.25) is 0 Å². The highest BCUT2D eigenvalue weighted by atomic mass is 79.9. The van der Waals surface area contributed by atoms with Crippen molar-refractivity contribution in [3.8, 4) is 0 Å². The van der Waals surface area contributed by atoms with Crippen molar-refractivity contribution in [1.82, 2.24) is 0 Å². The van der Waals surface area contributed by atoms with Gasteiger partial charge in [-0.15, -0.1) is 0 Å². The van der Waals surface area contributed by atoms with E-state index < -0.39 is 5.41 Å². The third-order valence-electron chi connectivity index (χ3n) is 5.01. The van der Waals surface area contributed by atoms with Crippen LogP contribution in [0.25, 0.3) is 0 Å². The van der Waals surface area contributed by atoms with Crippen molar-refractivity contribution >= 4 is 39.1 Å². The zero-order valence-electron chi connectivity index (χ0n) is 14.8. The van der Waals surface area contributed by atoms with E-state index in [2.05, 4.69) is 26.6 Å². The largest absolute Gasteiger partial charge is 0.326 e. The molecular formula is C21H23BrN2O2. The van der Waals surface area contributed by atoms with Gasteiger partial charge in [0, 0.05) is 22.3 Å². The molecule has 3 rings (SSSR count). The van der Waals surface area contributed by atoms with Gasteiger partial charge in [0.2, 0.25) is 11.8 Å². The van der Waals surface area contributed by atoms with Crippen molar-refractivity contribution in [1.29, 1.82) is 0 Å². The molecule has 4 nitrogen and oxygen atoms in total. The number of rotatable bonds is 5. The minimum Gasteiger partial charge on any atom is -0.326 e. The highest BCUT2D eigenvalue weighted by Gasteiger charge is 2.42. The summed E-state index contributed by atoms with van der Waals surface area (Å²) < 4.78 is 1.01. The molecule has 0 atom stereocenters. The molecule has 0 bridgehead atoms. The van der Waals surface area contributed by atoms with Gasteiger partial charge in [-0.2, -0.15) is 0 Å². The third kappa shape index (κ3) is 3.98. The molecule has 1 aliphatic rings. The Morgan fingerprint density at radius 1 is 1.00 bits per heavy atom. The summed E-state index contributed by atoms with van der Waals surface area (Å²) in [5.41, 5.74) is 1.97. The zero-order valence-corrected chi connectivity index (χ0v) is 16.4. The Kier molecular flexibility index (Phi) is 5.77. The molecule has 2 N–H and O–H groups in total. The van der Waals surface area contributed by atoms with E-state index in [0.717, 1.165) is 35.7 Å². The first-order chi connectivity index (χ1) is 12.5. The summed E-state index contributed by atoms with van der Waals surface area (Å²) in [6.45, 7) is 1.81. The number of benzene rings is 2. The highest BCUT2D eigenvalue weighted by molar-refractivity contribution is 9.10. The van der Waals surface area contributed by atoms with Gasteiger partial charge in [-0.05, 0) is 48.7 Å². The highest BCUT2D eigenvalue weighted by Crippen LogP contribution is 2.42. The van der Waals surface area contributed by atoms with Crippen LogP contribution in [0.5, 0.6) is 0 Å². The van der Waals surface area contributed by atoms with E-state index >= 15 is 0 Å². The molecule has 26 heavy (non-hydrogen) atoms. The average molecular weight is 415 g/mol. The summed E-state index contributed by atoms with van der Waals surface area (Å²) in [7, 11) is 0. The molecule has 0 saturated heterocycles. The number of carbonyl (C=O) groups excluding carboxylic acids is 2. The normalized spacial score (nSPS) is 15.5. The maximum absolute atomic E-state index is 13.2. The smallest absolute Gasteiger partial charge is 0.235 e. The summed E-state index contributed by atoms with van der Waals surface area (Å²) in [5, 5.41) is 5.89. The average Bonchev–Trinajstić information content (AvgIpc) is 3.13. The molecule has 2 aromatic carbocycles. The second kappa shape index (κ2) is 8.04. The fraction of sp³-hybridized carbons (Fsp3) is 0.333. The zero-order chi connectivity index (χ0) is 18.6. The van der Waals surface area contributed by atoms with Crippen LogP contribution in [0.15, 0.2) is 53.0 Å². The Bertz CT molecular complexity index is 796. The minimum atomic E-state index is -0.483. The van der Waals surface area contributed by atoms with E-state index in [1.165, 1.54) is 0 Å². The lowest BCUT2D eigenvalue weighted by atomic mass is 9.78. The predicted octanol–water partition coefficient (Wildman–Crippen LogP) is 5.25. The molecule has 136 valence electrons. The van der Waals surface area contributed by atoms with Crippen molar-refractivity contribution in [2.45, 2.75) is 44.4 Å². The molecule has 1 saturated carbocycles. The van der Waals surface area contributed by atoms with Crippen LogP contribution >= 0.6 is 15.9 Å². The number of nitrogens with one attached hydrogen (secondary N) is 2. The molecule has 5 heteroatoms. The van der Waals surface area contributed by atoms with E-state index in [1.807, 2.05) is 49.4 Å². The molecule has 1 aliphatic carbocycles. The third-order valence-corrected chi connectivity index (χ3v) is 5.54. The molecule has 1 fully saturated rings. The molecule has 0 heterocycles. The molecule has 0 unspecified atom stereocenters. The minimum absolute atomic E-state index is 0.0243. The van der Waals surface area contributed by atoms with Crippen LogP contribution in [0, 0.1) is 0 Å². The summed E-state index contributed by atoms with van der Waals surface area (Å²) in [4.78, 5) is 24.8. The van der Waals surface area contributed by atoms with Crippen LogP contribution < -0.4 is 10.6 Å². The molecule has 2 aromatic rings. The molecule has 0 spiro atoms. The van der Waals surface area contributed by atoms with E-state index in [-0.39, 0.29) is 11.8 Å². The lowest BCUT2D eigenvalue weighted by Crippen LogP contribution is -2.38. The van der Waals surface area contributed by atoms with Crippen LogP contribution in [-0.4, -0.2) is 11.8 Å². The molecule has 0 aliphatic heterocycles. The van der Waals surface area contributed by atoms with Gasteiger partial charge < -0.3 is 10.6 Å². The summed E-state index contributed by atoms with van der Waals surface area (Å²) >= 11 is 3.46. The van der Waals surface area contributed by atoms with E-state index in [9.17, 15) is 9.59 Å². The number of hydrogen-bond donors (Lipinski definition) is 2. The molecule has 0 aromatic heterocycles. The second-order valence-electron chi connectivity index (χ2n) is 6.73. The van der Waals surface area contributed by atoms with Crippen molar-refractivity contribution in [3.63, 3.8) is 0 Å². The Morgan fingerprint density at radius 3 is 2.23 bits per heavy atom. The lowest BCUT2D eigenvalue weighted by molar-refractivity contribution is -0.121. The maximum atomic E-state index is 13.2. The number of amides is 2. The topological polar surface area (TPSA) is 58.2 Å². The Morgan fingerprint density at radius 2 is 1.62 bits per heavy atom. The first-order valence-electron chi connectivity index (χ1n) is 9.01. The van der Waals surface area contributed by atoms with Crippen LogP contribution in [-0.2, 0) is 15.0 Å². The van der Waals surface area contributed by atoms with Crippen LogP contribution in [0.4, 0.5) is 11.4 Å². The summed E-state index contributed by atoms with van der Waals surface area (Å²) in [6, 6.07) is 15.4. The van der Waals surface area contributed by atoms with Gasteiger partial charge in [0.15, 0.2) is 0 Å². The van der Waals surface area contributed by atoms with E-state index in [4.69, 9.17) is 0 Å². The van der Waals surface area contributed by atoms with Gasteiger partial charge in [-0.3, -0.25) is 9.59 Å². The predicted molar refractivity (Wildman–Crippen MR) is 108 cm³/mol. The van der Waals surface area contributed by atoms with Gasteiger partial charge >= 0.3 is 0 Å². The van der Waals surface area contributed by atoms with Gasteiger partial charge in [0.25, 0.3) is 0 Å². The number of hydrogen-bond acceptors (Lipinski definition) is 2. The van der Waals surface area contributed by atoms with Crippen molar-refractivity contribution < 1.29 is 9.59 Å². The van der Waals surface area contributed by atoms with Crippen LogP contribution in [0.3, 0.4) is 0 Å². The van der Waals surface area contributed by atoms with Gasteiger partial charge in [-0.25, -0.2) is 0 Å². The first kappa shape index (κ1) is 18.6. The van der Waals surface area contributed by atoms with E-state index in [0.29, 0.717) is 17.8 Å². The quantitative estimate of drug-likeness (QED) is 0.701. The maximum Gasteiger partial charge on any atom is 0.235 e. The standard InChI is InChI=1S/C21H23BrN2O2/c1-2-19(25)23-17-6-5-7-18(14-17)24-20(26)21(12-3-4-13-21)15-8-10-16(22)11-9-15/h5-11,14H,2-4,12-13H2,1H3,(H,23,25)(H,24,26). The van der Waals surface area contributed by atoms with E-state index in [1.54, 1.807) is 6.07 Å². The Balaban J connectivity index is 1.82. The Labute approximate surface area is 162 Å².